The predicted molar refractivity (Wildman–Crippen MR) is 103 cm³/mol. The highest BCUT2D eigenvalue weighted by molar-refractivity contribution is 8.13. The molecule has 25 heavy (non-hydrogen) atoms. The van der Waals surface area contributed by atoms with Crippen LogP contribution in [0.5, 0.6) is 0 Å². The van der Waals surface area contributed by atoms with E-state index >= 15 is 0 Å². The van der Waals surface area contributed by atoms with E-state index in [1.165, 1.54) is 27.8 Å². The van der Waals surface area contributed by atoms with Crippen molar-refractivity contribution < 1.29 is 8.42 Å². The summed E-state index contributed by atoms with van der Waals surface area (Å²) in [5.74, 6) is 0. The quantitative estimate of drug-likeness (QED) is 0.453. The molecule has 0 aromatic heterocycles. The molecule has 0 saturated heterocycles. The fourth-order valence-corrected chi connectivity index (χ4v) is 4.86. The summed E-state index contributed by atoms with van der Waals surface area (Å²) in [4.78, 5) is 0.166. The number of rotatable bonds is 3. The van der Waals surface area contributed by atoms with Gasteiger partial charge in [0, 0.05) is 16.2 Å². The summed E-state index contributed by atoms with van der Waals surface area (Å²) in [6, 6.07) is 19.5. The molecule has 4 rings (SSSR count). The summed E-state index contributed by atoms with van der Waals surface area (Å²) < 4.78 is 24.1. The Morgan fingerprint density at radius 3 is 2.28 bits per heavy atom. The normalized spacial score (nSPS) is 12.7. The zero-order valence-corrected chi connectivity index (χ0v) is 15.4. The van der Waals surface area contributed by atoms with Crippen molar-refractivity contribution in [3.63, 3.8) is 0 Å². The highest BCUT2D eigenvalue weighted by Gasteiger charge is 2.26. The van der Waals surface area contributed by atoms with E-state index in [4.69, 9.17) is 10.7 Å². The van der Waals surface area contributed by atoms with E-state index in [1.807, 2.05) is 24.3 Å². The summed E-state index contributed by atoms with van der Waals surface area (Å²) in [5, 5.41) is 0. The van der Waals surface area contributed by atoms with Crippen molar-refractivity contribution >= 4 is 19.7 Å². The number of aryl methyl sites for hydroxylation is 1. The van der Waals surface area contributed by atoms with E-state index in [-0.39, 0.29) is 4.90 Å². The van der Waals surface area contributed by atoms with Gasteiger partial charge in [0.15, 0.2) is 0 Å². The zero-order chi connectivity index (χ0) is 17.6. The first kappa shape index (κ1) is 16.4. The van der Waals surface area contributed by atoms with Crippen LogP contribution in [0.2, 0.25) is 0 Å². The first-order chi connectivity index (χ1) is 12.0. The van der Waals surface area contributed by atoms with Gasteiger partial charge in [-0.2, -0.15) is 0 Å². The number of halogens is 1. The third-order valence-corrected chi connectivity index (χ3v) is 6.25. The fraction of sp³-hybridized carbons (Fsp3) is 0.143. The Bertz CT molecular complexity index is 1080. The lowest BCUT2D eigenvalue weighted by atomic mass is 9.91. The predicted octanol–water partition coefficient (Wildman–Crippen LogP) is 5.41. The zero-order valence-electron chi connectivity index (χ0n) is 13.8. The molecule has 0 saturated carbocycles. The molecule has 0 unspecified atom stereocenters. The van der Waals surface area contributed by atoms with Crippen molar-refractivity contribution in [1.29, 1.82) is 0 Å². The topological polar surface area (TPSA) is 34.1 Å². The third-order valence-electron chi connectivity index (χ3n) is 4.87. The second-order valence-corrected chi connectivity index (χ2v) is 8.78. The Morgan fingerprint density at radius 2 is 1.56 bits per heavy atom. The lowest BCUT2D eigenvalue weighted by molar-refractivity contribution is 0.610. The molecule has 0 aliphatic heterocycles. The van der Waals surface area contributed by atoms with Gasteiger partial charge in [-0.3, -0.25) is 0 Å². The van der Waals surface area contributed by atoms with Crippen molar-refractivity contribution in [3.05, 3.63) is 77.4 Å². The van der Waals surface area contributed by atoms with Gasteiger partial charge >= 0.3 is 0 Å². The summed E-state index contributed by atoms with van der Waals surface area (Å²) in [5.41, 5.74) is 7.88. The van der Waals surface area contributed by atoms with Crippen LogP contribution in [0.15, 0.2) is 65.6 Å². The Morgan fingerprint density at radius 1 is 0.880 bits per heavy atom. The minimum Gasteiger partial charge on any atom is -0.207 e. The molecule has 3 aromatic carbocycles. The molecule has 0 atom stereocenters. The number of fused-ring (bicyclic) bond motifs is 3. The van der Waals surface area contributed by atoms with E-state index in [2.05, 4.69) is 31.2 Å². The lowest BCUT2D eigenvalue weighted by Crippen LogP contribution is -1.98. The average Bonchev–Trinajstić information content (AvgIpc) is 3.00. The standard InChI is InChI=1S/C21H17ClO2S/c1-2-14-11-12-17(18-9-5-6-10-20(18)25(22,23)24)19-13-15-7-3-4-8-16(15)21(14)19/h3-12H,2,13H2,1H3. The molecule has 126 valence electrons. The summed E-state index contributed by atoms with van der Waals surface area (Å²) >= 11 is 0. The van der Waals surface area contributed by atoms with E-state index < -0.39 is 9.05 Å². The lowest BCUT2D eigenvalue weighted by Gasteiger charge is -2.15. The van der Waals surface area contributed by atoms with Crippen molar-refractivity contribution in [3.8, 4) is 22.3 Å². The van der Waals surface area contributed by atoms with Crippen LogP contribution in [0.1, 0.15) is 23.6 Å². The van der Waals surface area contributed by atoms with Gasteiger partial charge in [0.25, 0.3) is 9.05 Å². The summed E-state index contributed by atoms with van der Waals surface area (Å²) in [6.07, 6.45) is 1.75. The summed E-state index contributed by atoms with van der Waals surface area (Å²) in [7, 11) is 1.87. The number of benzene rings is 3. The molecule has 3 aromatic rings. The van der Waals surface area contributed by atoms with Crippen LogP contribution in [0, 0.1) is 0 Å². The Balaban J connectivity index is 2.03. The molecule has 0 heterocycles. The van der Waals surface area contributed by atoms with Gasteiger partial charge in [-0.15, -0.1) is 0 Å². The van der Waals surface area contributed by atoms with E-state index in [0.717, 1.165) is 18.4 Å². The molecule has 1 aliphatic rings. The van der Waals surface area contributed by atoms with Crippen molar-refractivity contribution in [1.82, 2.24) is 0 Å². The highest BCUT2D eigenvalue weighted by Crippen LogP contribution is 2.45. The molecule has 2 nitrogen and oxygen atoms in total. The van der Waals surface area contributed by atoms with Gasteiger partial charge in [0.05, 0.1) is 4.90 Å². The summed E-state index contributed by atoms with van der Waals surface area (Å²) in [6.45, 7) is 2.15. The van der Waals surface area contributed by atoms with Gasteiger partial charge in [0.2, 0.25) is 0 Å². The molecule has 0 radical (unpaired) electrons. The van der Waals surface area contributed by atoms with Gasteiger partial charge in [0.1, 0.15) is 0 Å². The van der Waals surface area contributed by atoms with Crippen LogP contribution in [-0.2, 0) is 21.9 Å². The van der Waals surface area contributed by atoms with Gasteiger partial charge < -0.3 is 0 Å². The maximum atomic E-state index is 12.0. The maximum absolute atomic E-state index is 12.0. The van der Waals surface area contributed by atoms with Crippen molar-refractivity contribution in [2.45, 2.75) is 24.7 Å². The molecule has 0 fully saturated rings. The maximum Gasteiger partial charge on any atom is 0.261 e. The molecular weight excluding hydrogens is 352 g/mol. The van der Waals surface area contributed by atoms with Crippen LogP contribution in [0.3, 0.4) is 0 Å². The second kappa shape index (κ2) is 6.01. The smallest absolute Gasteiger partial charge is 0.207 e. The largest absolute Gasteiger partial charge is 0.261 e. The minimum atomic E-state index is -3.81. The van der Waals surface area contributed by atoms with E-state index in [9.17, 15) is 8.42 Å². The Hall–Kier alpha value is -2.10. The molecule has 0 amide bonds. The van der Waals surface area contributed by atoms with Gasteiger partial charge in [-0.05, 0) is 52.3 Å². The molecule has 0 spiro atoms. The number of hydrogen-bond acceptors (Lipinski definition) is 2. The first-order valence-electron chi connectivity index (χ1n) is 8.27. The van der Waals surface area contributed by atoms with Crippen molar-refractivity contribution in [2.75, 3.05) is 0 Å². The molecule has 4 heteroatoms. The van der Waals surface area contributed by atoms with Crippen LogP contribution >= 0.6 is 10.7 Å². The Labute approximate surface area is 152 Å². The SMILES string of the molecule is CCc1ccc(-c2ccccc2S(=O)(=O)Cl)c2c1-c1ccccc1C2. The second-order valence-electron chi connectivity index (χ2n) is 6.25. The molecule has 0 bridgehead atoms. The monoisotopic (exact) mass is 368 g/mol. The average molecular weight is 369 g/mol. The number of hydrogen-bond donors (Lipinski definition) is 0. The third kappa shape index (κ3) is 2.68. The van der Waals surface area contributed by atoms with Crippen LogP contribution in [0.4, 0.5) is 0 Å². The van der Waals surface area contributed by atoms with Crippen LogP contribution < -0.4 is 0 Å². The highest BCUT2D eigenvalue weighted by atomic mass is 35.7. The van der Waals surface area contributed by atoms with Crippen LogP contribution in [0.25, 0.3) is 22.3 Å². The van der Waals surface area contributed by atoms with Crippen molar-refractivity contribution in [2.24, 2.45) is 0 Å². The van der Waals surface area contributed by atoms with Crippen LogP contribution in [-0.4, -0.2) is 8.42 Å². The van der Waals surface area contributed by atoms with Gasteiger partial charge in [-0.25, -0.2) is 8.42 Å². The Kier molecular flexibility index (Phi) is 3.94. The van der Waals surface area contributed by atoms with Gasteiger partial charge in [-0.1, -0.05) is 61.5 Å². The molecule has 1 aliphatic carbocycles. The van der Waals surface area contributed by atoms with E-state index in [0.29, 0.717) is 5.56 Å². The van der Waals surface area contributed by atoms with E-state index in [1.54, 1.807) is 12.1 Å². The molecule has 0 N–H and O–H groups in total. The fourth-order valence-electron chi connectivity index (χ4n) is 3.77. The first-order valence-corrected chi connectivity index (χ1v) is 10.6. The minimum absolute atomic E-state index is 0.166. The molecular formula is C21H17ClO2S.